The zero-order valence-corrected chi connectivity index (χ0v) is 11.1. The Bertz CT molecular complexity index is 611. The lowest BCUT2D eigenvalue weighted by Gasteiger charge is -2.07. The van der Waals surface area contributed by atoms with E-state index in [0.29, 0.717) is 17.9 Å². The van der Waals surface area contributed by atoms with Crippen molar-refractivity contribution >= 4 is 17.4 Å². The first-order chi connectivity index (χ1) is 9.13. The van der Waals surface area contributed by atoms with E-state index >= 15 is 0 Å². The Morgan fingerprint density at radius 1 is 1.26 bits per heavy atom. The van der Waals surface area contributed by atoms with Crippen molar-refractivity contribution in [1.29, 1.82) is 0 Å². The molecule has 0 aliphatic rings. The van der Waals surface area contributed by atoms with Crippen molar-refractivity contribution < 1.29 is 13.9 Å². The molecule has 0 aromatic heterocycles. The number of ketones is 1. The molecular weight excluding hydrogens is 267 g/mol. The third-order valence-electron chi connectivity index (χ3n) is 2.60. The van der Waals surface area contributed by atoms with Crippen molar-refractivity contribution in [3.05, 3.63) is 64.4 Å². The maximum absolute atomic E-state index is 13.8. The molecule has 0 fully saturated rings. The van der Waals surface area contributed by atoms with Gasteiger partial charge in [-0.15, -0.1) is 0 Å². The number of carbonyl (C=O) groups is 1. The average molecular weight is 279 g/mol. The molecule has 0 bridgehead atoms. The fraction of sp³-hybridized carbons (Fsp3) is 0.133. The third-order valence-corrected chi connectivity index (χ3v) is 2.90. The number of halogens is 2. The lowest BCUT2D eigenvalue weighted by Crippen LogP contribution is -2.05. The van der Waals surface area contributed by atoms with E-state index in [-0.39, 0.29) is 10.6 Å². The Morgan fingerprint density at radius 3 is 2.74 bits per heavy atom. The van der Waals surface area contributed by atoms with Crippen LogP contribution in [0.15, 0.2) is 42.5 Å². The summed E-state index contributed by atoms with van der Waals surface area (Å²) < 4.78 is 19.1. The second-order valence-electron chi connectivity index (χ2n) is 3.89. The van der Waals surface area contributed by atoms with E-state index in [1.165, 1.54) is 12.1 Å². The van der Waals surface area contributed by atoms with Crippen molar-refractivity contribution in [2.75, 3.05) is 6.61 Å². The summed E-state index contributed by atoms with van der Waals surface area (Å²) in [5.74, 6) is -0.534. The van der Waals surface area contributed by atoms with E-state index in [0.717, 1.165) is 0 Å². The van der Waals surface area contributed by atoms with E-state index < -0.39 is 11.6 Å². The highest BCUT2D eigenvalue weighted by Crippen LogP contribution is 2.22. The number of benzene rings is 2. The number of hydrogen-bond acceptors (Lipinski definition) is 2. The summed E-state index contributed by atoms with van der Waals surface area (Å²) in [7, 11) is 0. The summed E-state index contributed by atoms with van der Waals surface area (Å²) in [5.41, 5.74) is 0.327. The molecule has 0 radical (unpaired) electrons. The van der Waals surface area contributed by atoms with Gasteiger partial charge in [0.05, 0.1) is 17.2 Å². The lowest BCUT2D eigenvalue weighted by molar-refractivity contribution is 0.103. The monoisotopic (exact) mass is 278 g/mol. The molecule has 0 saturated heterocycles. The van der Waals surface area contributed by atoms with Crippen LogP contribution >= 0.6 is 11.6 Å². The van der Waals surface area contributed by atoms with Crippen LogP contribution in [0.3, 0.4) is 0 Å². The highest BCUT2D eigenvalue weighted by molar-refractivity contribution is 6.31. The maximum atomic E-state index is 13.8. The predicted molar refractivity (Wildman–Crippen MR) is 72.5 cm³/mol. The van der Waals surface area contributed by atoms with Crippen LogP contribution in [0.2, 0.25) is 5.02 Å². The molecule has 2 rings (SSSR count). The largest absolute Gasteiger partial charge is 0.494 e. The van der Waals surface area contributed by atoms with Gasteiger partial charge in [0.2, 0.25) is 0 Å². The van der Waals surface area contributed by atoms with Crippen LogP contribution in [-0.4, -0.2) is 12.4 Å². The molecule has 2 nitrogen and oxygen atoms in total. The summed E-state index contributed by atoms with van der Waals surface area (Å²) >= 11 is 5.67. The van der Waals surface area contributed by atoms with E-state index in [9.17, 15) is 9.18 Å². The SMILES string of the molecule is CCOc1cccc(C(=O)c2cccc(Cl)c2F)c1. The molecule has 0 spiro atoms. The van der Waals surface area contributed by atoms with Crippen LogP contribution in [0.4, 0.5) is 4.39 Å². The summed E-state index contributed by atoms with van der Waals surface area (Å²) in [6.45, 7) is 2.36. The van der Waals surface area contributed by atoms with Crippen molar-refractivity contribution in [1.82, 2.24) is 0 Å². The second kappa shape index (κ2) is 5.85. The molecule has 0 amide bonds. The highest BCUT2D eigenvalue weighted by atomic mass is 35.5. The van der Waals surface area contributed by atoms with Gasteiger partial charge in [-0.2, -0.15) is 0 Å². The average Bonchev–Trinajstić information content (AvgIpc) is 2.42. The Kier molecular flexibility index (Phi) is 4.17. The first-order valence-corrected chi connectivity index (χ1v) is 6.23. The van der Waals surface area contributed by atoms with Crippen molar-refractivity contribution in [2.45, 2.75) is 6.92 Å². The van der Waals surface area contributed by atoms with Gasteiger partial charge in [0.15, 0.2) is 11.6 Å². The molecule has 0 heterocycles. The van der Waals surface area contributed by atoms with Crippen LogP contribution < -0.4 is 4.74 Å². The van der Waals surface area contributed by atoms with Crippen LogP contribution in [0.1, 0.15) is 22.8 Å². The number of hydrogen-bond donors (Lipinski definition) is 0. The van der Waals surface area contributed by atoms with Gasteiger partial charge in [-0.3, -0.25) is 4.79 Å². The van der Waals surface area contributed by atoms with E-state index in [1.54, 1.807) is 30.3 Å². The summed E-state index contributed by atoms with van der Waals surface area (Å²) in [6, 6.07) is 11.0. The third kappa shape index (κ3) is 2.93. The van der Waals surface area contributed by atoms with Gasteiger partial charge in [0.25, 0.3) is 0 Å². The van der Waals surface area contributed by atoms with Gasteiger partial charge in [-0.05, 0) is 31.2 Å². The van der Waals surface area contributed by atoms with Crippen LogP contribution in [0, 0.1) is 5.82 Å². The van der Waals surface area contributed by atoms with Gasteiger partial charge in [0.1, 0.15) is 5.75 Å². The molecule has 98 valence electrons. The summed E-state index contributed by atoms with van der Waals surface area (Å²) in [4.78, 5) is 12.2. The molecule has 0 saturated carbocycles. The fourth-order valence-electron chi connectivity index (χ4n) is 1.73. The molecule has 0 N–H and O–H groups in total. The zero-order chi connectivity index (χ0) is 13.8. The molecule has 0 unspecified atom stereocenters. The minimum atomic E-state index is -0.698. The lowest BCUT2D eigenvalue weighted by atomic mass is 10.0. The van der Waals surface area contributed by atoms with Gasteiger partial charge in [0, 0.05) is 5.56 Å². The van der Waals surface area contributed by atoms with E-state index in [2.05, 4.69) is 0 Å². The molecule has 0 aliphatic carbocycles. The van der Waals surface area contributed by atoms with Gasteiger partial charge in [-0.1, -0.05) is 29.8 Å². The Balaban J connectivity index is 2.38. The van der Waals surface area contributed by atoms with Crippen LogP contribution in [0.5, 0.6) is 5.75 Å². The highest BCUT2D eigenvalue weighted by Gasteiger charge is 2.16. The van der Waals surface area contributed by atoms with Gasteiger partial charge < -0.3 is 4.74 Å². The summed E-state index contributed by atoms with van der Waals surface area (Å²) in [5, 5.41) is -0.0631. The quantitative estimate of drug-likeness (QED) is 0.787. The maximum Gasteiger partial charge on any atom is 0.196 e. The zero-order valence-electron chi connectivity index (χ0n) is 10.3. The Hall–Kier alpha value is -1.87. The molecule has 4 heteroatoms. The Morgan fingerprint density at radius 2 is 2.00 bits per heavy atom. The minimum absolute atomic E-state index is 0.0406. The van der Waals surface area contributed by atoms with Crippen molar-refractivity contribution in [3.8, 4) is 5.75 Å². The first kappa shape index (κ1) is 13.6. The molecule has 2 aromatic carbocycles. The number of ether oxygens (including phenoxy) is 1. The first-order valence-electron chi connectivity index (χ1n) is 5.85. The minimum Gasteiger partial charge on any atom is -0.494 e. The molecule has 19 heavy (non-hydrogen) atoms. The van der Waals surface area contributed by atoms with E-state index in [1.807, 2.05) is 6.92 Å². The number of carbonyl (C=O) groups excluding carboxylic acids is 1. The van der Waals surface area contributed by atoms with Crippen molar-refractivity contribution in [2.24, 2.45) is 0 Å². The normalized spacial score (nSPS) is 10.3. The molecule has 0 atom stereocenters. The van der Waals surface area contributed by atoms with Crippen LogP contribution in [-0.2, 0) is 0 Å². The van der Waals surface area contributed by atoms with E-state index in [4.69, 9.17) is 16.3 Å². The van der Waals surface area contributed by atoms with Crippen molar-refractivity contribution in [3.63, 3.8) is 0 Å². The standard InChI is InChI=1S/C15H12ClFO2/c1-2-19-11-6-3-5-10(9-11)15(18)12-7-4-8-13(16)14(12)17/h3-9H,2H2,1H3. The summed E-state index contributed by atoms with van der Waals surface area (Å²) in [6.07, 6.45) is 0. The van der Waals surface area contributed by atoms with Gasteiger partial charge in [-0.25, -0.2) is 4.39 Å². The number of rotatable bonds is 4. The smallest absolute Gasteiger partial charge is 0.196 e. The molecule has 0 aliphatic heterocycles. The topological polar surface area (TPSA) is 26.3 Å². The predicted octanol–water partition coefficient (Wildman–Crippen LogP) is 4.11. The molecular formula is C15H12ClFO2. The van der Waals surface area contributed by atoms with Crippen LogP contribution in [0.25, 0.3) is 0 Å². The van der Waals surface area contributed by atoms with Gasteiger partial charge >= 0.3 is 0 Å². The molecule has 2 aromatic rings. The Labute approximate surface area is 115 Å². The fourth-order valence-corrected chi connectivity index (χ4v) is 1.90. The second-order valence-corrected chi connectivity index (χ2v) is 4.30.